The molecule has 9 heteroatoms. The first kappa shape index (κ1) is 16.5. The molecule has 0 fully saturated rings. The zero-order valence-electron chi connectivity index (χ0n) is 11.5. The third-order valence-corrected chi connectivity index (χ3v) is 7.54. The number of rotatable bonds is 6. The van der Waals surface area contributed by atoms with Gasteiger partial charge >= 0.3 is 0 Å². The molecule has 21 heavy (non-hydrogen) atoms. The summed E-state index contributed by atoms with van der Waals surface area (Å²) in [6.07, 6.45) is 2.67. The van der Waals surface area contributed by atoms with Gasteiger partial charge in [-0.25, -0.2) is 18.1 Å². The fraction of sp³-hybridized carbons (Fsp3) is 0.333. The Morgan fingerprint density at radius 1 is 1.48 bits per heavy atom. The second-order valence-electron chi connectivity index (χ2n) is 4.34. The van der Waals surface area contributed by atoms with E-state index >= 15 is 0 Å². The number of sulfonamides is 1. The Bertz CT molecular complexity index is 748. The van der Waals surface area contributed by atoms with Gasteiger partial charge in [-0.2, -0.15) is 0 Å². The molecule has 0 radical (unpaired) electrons. The number of nitrogens with two attached hydrogens (primary N) is 1. The van der Waals surface area contributed by atoms with Crippen molar-refractivity contribution in [1.29, 1.82) is 0 Å². The molecule has 0 amide bonds. The molecule has 1 unspecified atom stereocenters. The molecule has 0 aliphatic heterocycles. The first-order chi connectivity index (χ1) is 9.83. The Morgan fingerprint density at radius 2 is 2.19 bits per heavy atom. The molecule has 2 aromatic rings. The molecule has 5 nitrogen and oxygen atoms in total. The Morgan fingerprint density at radius 3 is 2.71 bits per heavy atom. The minimum Gasteiger partial charge on any atom is -0.389 e. The lowest BCUT2D eigenvalue weighted by Crippen LogP contribution is -2.26. The first-order valence-corrected chi connectivity index (χ1v) is 9.72. The lowest BCUT2D eigenvalue weighted by atomic mass is 10.4. The summed E-state index contributed by atoms with van der Waals surface area (Å²) in [4.78, 5) is 6.16. The third-order valence-electron chi connectivity index (χ3n) is 2.71. The number of thiocarbonyl (C=S) groups is 1. The van der Waals surface area contributed by atoms with Crippen molar-refractivity contribution in [2.75, 3.05) is 0 Å². The average Bonchev–Trinajstić information content (AvgIpc) is 3.07. The van der Waals surface area contributed by atoms with Crippen LogP contribution in [-0.2, 0) is 16.4 Å². The van der Waals surface area contributed by atoms with Crippen LogP contribution in [0.1, 0.15) is 34.7 Å². The number of hydrogen-bond donors (Lipinski definition) is 2. The van der Waals surface area contributed by atoms with Crippen molar-refractivity contribution in [1.82, 2.24) is 9.71 Å². The lowest BCUT2D eigenvalue weighted by Gasteiger charge is -2.10. The largest absolute Gasteiger partial charge is 0.389 e. The summed E-state index contributed by atoms with van der Waals surface area (Å²) in [5.74, 6) is 0. The van der Waals surface area contributed by atoms with E-state index in [1.165, 1.54) is 17.4 Å². The van der Waals surface area contributed by atoms with Gasteiger partial charge in [0.15, 0.2) is 0 Å². The molecule has 0 bridgehead atoms. The highest BCUT2D eigenvalue weighted by Gasteiger charge is 2.22. The molecule has 0 aromatic carbocycles. The second kappa shape index (κ2) is 6.49. The van der Waals surface area contributed by atoms with Gasteiger partial charge in [-0.1, -0.05) is 19.1 Å². The minimum absolute atomic E-state index is 0.196. The molecule has 114 valence electrons. The van der Waals surface area contributed by atoms with Gasteiger partial charge < -0.3 is 5.73 Å². The summed E-state index contributed by atoms with van der Waals surface area (Å²) in [7, 11) is -3.60. The van der Waals surface area contributed by atoms with Crippen LogP contribution < -0.4 is 10.5 Å². The summed E-state index contributed by atoms with van der Waals surface area (Å²) in [6, 6.07) is 2.74. The van der Waals surface area contributed by atoms with Gasteiger partial charge in [0.1, 0.15) is 14.2 Å². The first-order valence-electron chi connectivity index (χ1n) is 6.20. The van der Waals surface area contributed by atoms with E-state index in [4.69, 9.17) is 18.0 Å². The lowest BCUT2D eigenvalue weighted by molar-refractivity contribution is 0.568. The van der Waals surface area contributed by atoms with Gasteiger partial charge in [0, 0.05) is 11.1 Å². The van der Waals surface area contributed by atoms with Crippen molar-refractivity contribution < 1.29 is 8.42 Å². The fourth-order valence-electron chi connectivity index (χ4n) is 1.62. The number of aromatic nitrogens is 1. The predicted molar refractivity (Wildman–Crippen MR) is 90.4 cm³/mol. The molecule has 2 rings (SSSR count). The quantitative estimate of drug-likeness (QED) is 0.772. The van der Waals surface area contributed by atoms with Crippen LogP contribution in [0.4, 0.5) is 0 Å². The average molecular weight is 362 g/mol. The summed E-state index contributed by atoms with van der Waals surface area (Å²) in [6.45, 7) is 3.81. The number of nitrogens with zero attached hydrogens (tertiary/aromatic N) is 1. The summed E-state index contributed by atoms with van der Waals surface area (Å²) in [5.41, 5.74) is 5.50. The van der Waals surface area contributed by atoms with E-state index in [0.29, 0.717) is 4.88 Å². The molecule has 1 atom stereocenters. The zero-order valence-corrected chi connectivity index (χ0v) is 14.8. The van der Waals surface area contributed by atoms with E-state index in [9.17, 15) is 8.42 Å². The van der Waals surface area contributed by atoms with E-state index in [1.54, 1.807) is 19.2 Å². The Kier molecular flexibility index (Phi) is 5.10. The normalized spacial score (nSPS) is 13.2. The van der Waals surface area contributed by atoms with Gasteiger partial charge in [0.2, 0.25) is 0 Å². The van der Waals surface area contributed by atoms with Crippen LogP contribution in [0.25, 0.3) is 0 Å². The SMILES string of the molecule is CCc1cnc(C(C)NS(=O)(=O)c2ccc(C(N)=S)s2)s1. The zero-order chi connectivity index (χ0) is 15.6. The van der Waals surface area contributed by atoms with Gasteiger partial charge in [-0.3, -0.25) is 0 Å². The maximum absolute atomic E-state index is 12.3. The van der Waals surface area contributed by atoms with Crippen molar-refractivity contribution in [2.24, 2.45) is 5.73 Å². The summed E-state index contributed by atoms with van der Waals surface area (Å²) in [5, 5.41) is 0.751. The van der Waals surface area contributed by atoms with Crippen LogP contribution in [0.2, 0.25) is 0 Å². The summed E-state index contributed by atoms with van der Waals surface area (Å²) >= 11 is 7.42. The second-order valence-corrected chi connectivity index (χ2v) is 8.96. The third kappa shape index (κ3) is 3.86. The standard InChI is InChI=1S/C12H15N3O2S4/c1-3-8-6-14-12(19-8)7(2)15-21(16,17)10-5-4-9(20-10)11(13)18/h4-7,15H,3H2,1-2H3,(H2,13,18). The highest BCUT2D eigenvalue weighted by Crippen LogP contribution is 2.25. The molecular formula is C12H15N3O2S4. The van der Waals surface area contributed by atoms with Gasteiger partial charge in [-0.15, -0.1) is 22.7 Å². The molecule has 0 saturated carbocycles. The molecule has 0 saturated heterocycles. The van der Waals surface area contributed by atoms with E-state index < -0.39 is 10.0 Å². The van der Waals surface area contributed by atoms with Crippen molar-refractivity contribution in [3.05, 3.63) is 33.1 Å². The van der Waals surface area contributed by atoms with Gasteiger partial charge in [0.25, 0.3) is 10.0 Å². The van der Waals surface area contributed by atoms with Crippen LogP contribution in [-0.4, -0.2) is 18.4 Å². The molecule has 2 aromatic heterocycles. The minimum atomic E-state index is -3.60. The number of nitrogens with one attached hydrogen (secondary N) is 1. The molecule has 0 aliphatic carbocycles. The Hall–Kier alpha value is -0.870. The van der Waals surface area contributed by atoms with Crippen molar-refractivity contribution in [3.63, 3.8) is 0 Å². The van der Waals surface area contributed by atoms with Gasteiger partial charge in [-0.05, 0) is 25.5 Å². The molecular weight excluding hydrogens is 346 g/mol. The van der Waals surface area contributed by atoms with Gasteiger partial charge in [0.05, 0.1) is 10.9 Å². The highest BCUT2D eigenvalue weighted by atomic mass is 32.2. The van der Waals surface area contributed by atoms with Crippen molar-refractivity contribution in [2.45, 2.75) is 30.5 Å². The van der Waals surface area contributed by atoms with E-state index in [1.807, 2.05) is 6.92 Å². The maximum atomic E-state index is 12.3. The molecule has 3 N–H and O–H groups in total. The van der Waals surface area contributed by atoms with Crippen molar-refractivity contribution in [3.8, 4) is 0 Å². The van der Waals surface area contributed by atoms with Crippen LogP contribution in [0, 0.1) is 0 Å². The predicted octanol–water partition coefficient (Wildman–Crippen LogP) is 2.44. The van der Waals surface area contributed by atoms with E-state index in [-0.39, 0.29) is 15.2 Å². The highest BCUT2D eigenvalue weighted by molar-refractivity contribution is 7.91. The maximum Gasteiger partial charge on any atom is 0.250 e. The van der Waals surface area contributed by atoms with Crippen LogP contribution >= 0.6 is 34.9 Å². The van der Waals surface area contributed by atoms with E-state index in [0.717, 1.165) is 27.6 Å². The molecule has 0 spiro atoms. The number of hydrogen-bond acceptors (Lipinski definition) is 6. The molecule has 2 heterocycles. The number of thiazole rings is 1. The fourth-order valence-corrected chi connectivity index (χ4v) is 5.13. The smallest absolute Gasteiger partial charge is 0.250 e. The number of thiophene rings is 1. The number of aryl methyl sites for hydroxylation is 1. The Balaban J connectivity index is 2.17. The van der Waals surface area contributed by atoms with Crippen LogP contribution in [0.5, 0.6) is 0 Å². The van der Waals surface area contributed by atoms with E-state index in [2.05, 4.69) is 9.71 Å². The van der Waals surface area contributed by atoms with Crippen molar-refractivity contribution >= 4 is 49.9 Å². The van der Waals surface area contributed by atoms with Crippen LogP contribution in [0.15, 0.2) is 22.5 Å². The summed E-state index contributed by atoms with van der Waals surface area (Å²) < 4.78 is 27.5. The monoisotopic (exact) mass is 361 g/mol. The molecule has 0 aliphatic rings. The topological polar surface area (TPSA) is 85.1 Å². The Labute approximate surface area is 137 Å². The van der Waals surface area contributed by atoms with Crippen LogP contribution in [0.3, 0.4) is 0 Å².